The van der Waals surface area contributed by atoms with Crippen LogP contribution in [0.2, 0.25) is 0 Å². The molecular formula is C18H26FN3O3S2. The van der Waals surface area contributed by atoms with Crippen molar-refractivity contribution in [2.75, 3.05) is 55.4 Å². The zero-order valence-corrected chi connectivity index (χ0v) is 17.5. The molecule has 1 aromatic rings. The summed E-state index contributed by atoms with van der Waals surface area (Å²) in [5.74, 6) is -0.350. The van der Waals surface area contributed by atoms with Crippen molar-refractivity contribution in [3.8, 4) is 0 Å². The van der Waals surface area contributed by atoms with Gasteiger partial charge >= 0.3 is 6.09 Å². The zero-order valence-electron chi connectivity index (χ0n) is 15.9. The van der Waals surface area contributed by atoms with Crippen LogP contribution in [-0.4, -0.2) is 62.2 Å². The fourth-order valence-electron chi connectivity index (χ4n) is 2.83. The first kappa shape index (κ1) is 21.7. The van der Waals surface area contributed by atoms with Gasteiger partial charge in [0.1, 0.15) is 16.2 Å². The maximum atomic E-state index is 14.5. The van der Waals surface area contributed by atoms with E-state index in [1.165, 1.54) is 22.7 Å². The van der Waals surface area contributed by atoms with Crippen molar-refractivity contribution < 1.29 is 18.7 Å². The van der Waals surface area contributed by atoms with Gasteiger partial charge in [0.05, 0.1) is 37.7 Å². The number of amides is 1. The predicted octanol–water partition coefficient (Wildman–Crippen LogP) is 3.25. The van der Waals surface area contributed by atoms with Crippen LogP contribution in [0.1, 0.15) is 13.8 Å². The first-order valence-electron chi connectivity index (χ1n) is 9.00. The molecule has 2 saturated heterocycles. The van der Waals surface area contributed by atoms with Crippen molar-refractivity contribution in [2.24, 2.45) is 0 Å². The van der Waals surface area contributed by atoms with Gasteiger partial charge in [-0.2, -0.15) is 0 Å². The van der Waals surface area contributed by atoms with Gasteiger partial charge in [-0.15, -0.1) is 11.8 Å². The molecule has 6 nitrogen and oxygen atoms in total. The molecule has 150 valence electrons. The van der Waals surface area contributed by atoms with Crippen molar-refractivity contribution in [3.05, 3.63) is 24.0 Å². The van der Waals surface area contributed by atoms with Crippen LogP contribution in [0.3, 0.4) is 0 Å². The average molecular weight is 416 g/mol. The summed E-state index contributed by atoms with van der Waals surface area (Å²) in [6.45, 7) is 7.30. The molecule has 1 N–H and O–H groups in total. The van der Waals surface area contributed by atoms with Gasteiger partial charge in [0.15, 0.2) is 0 Å². The summed E-state index contributed by atoms with van der Waals surface area (Å²) in [5, 5.41) is 3.03. The summed E-state index contributed by atoms with van der Waals surface area (Å²) in [7, 11) is 0. The molecule has 0 bridgehead atoms. The second-order valence-electron chi connectivity index (χ2n) is 5.72. The molecule has 2 fully saturated rings. The van der Waals surface area contributed by atoms with Crippen molar-refractivity contribution in [1.29, 1.82) is 0 Å². The topological polar surface area (TPSA) is 54.0 Å². The molecule has 27 heavy (non-hydrogen) atoms. The van der Waals surface area contributed by atoms with Crippen molar-refractivity contribution in [1.82, 2.24) is 5.32 Å². The lowest BCUT2D eigenvalue weighted by atomic mass is 10.2. The van der Waals surface area contributed by atoms with Crippen LogP contribution < -0.4 is 15.1 Å². The summed E-state index contributed by atoms with van der Waals surface area (Å²) in [6, 6.07) is 4.84. The van der Waals surface area contributed by atoms with E-state index in [2.05, 4.69) is 5.32 Å². The third-order valence-electron chi connectivity index (χ3n) is 4.13. The van der Waals surface area contributed by atoms with E-state index < -0.39 is 6.09 Å². The van der Waals surface area contributed by atoms with Crippen LogP contribution >= 0.6 is 24.0 Å². The highest BCUT2D eigenvalue weighted by Crippen LogP contribution is 2.28. The lowest BCUT2D eigenvalue weighted by molar-refractivity contribution is 0.122. The number of ether oxygens (including phenoxy) is 2. The van der Waals surface area contributed by atoms with Gasteiger partial charge in [0.25, 0.3) is 0 Å². The second-order valence-corrected chi connectivity index (χ2v) is 7.21. The minimum Gasteiger partial charge on any atom is -0.442 e. The number of nitrogens with one attached hydrogen (secondary N) is 1. The molecular weight excluding hydrogens is 389 g/mol. The number of hydrogen-bond acceptors (Lipinski definition) is 6. The van der Waals surface area contributed by atoms with Crippen LogP contribution in [-0.2, 0) is 9.47 Å². The normalized spacial score (nSPS) is 19.3. The molecule has 9 heteroatoms. The standard InChI is InChI=1S/C16H20FN3O3S2.C2H6/c1-25-15(24)18-9-12-10-20(16(21)23-12)11-2-3-14(13(17)8-11)19-4-6-22-7-5-19;1-2/h2-3,8,12H,4-7,9-10H2,1H3,(H,18,24);1-2H3. The van der Waals surface area contributed by atoms with Crippen LogP contribution in [0.5, 0.6) is 0 Å². The van der Waals surface area contributed by atoms with Crippen LogP contribution in [0.4, 0.5) is 20.6 Å². The Bertz CT molecular complexity index is 657. The number of carbonyl (C=O) groups excluding carboxylic acids is 1. The fourth-order valence-corrected chi connectivity index (χ4v) is 3.14. The van der Waals surface area contributed by atoms with E-state index in [-0.39, 0.29) is 11.9 Å². The Hall–Kier alpha value is -1.58. The third-order valence-corrected chi connectivity index (χ3v) is 5.29. The van der Waals surface area contributed by atoms with E-state index in [4.69, 9.17) is 21.7 Å². The summed E-state index contributed by atoms with van der Waals surface area (Å²) < 4.78 is 25.8. The van der Waals surface area contributed by atoms with Gasteiger partial charge < -0.3 is 19.7 Å². The molecule has 2 aliphatic rings. The number of cyclic esters (lactones) is 1. The SMILES string of the molecule is CC.CSC(=S)NCC1CN(c2ccc(N3CCOCC3)c(F)c2)C(=O)O1. The second kappa shape index (κ2) is 10.7. The number of thioether (sulfide) groups is 1. The predicted molar refractivity (Wildman–Crippen MR) is 113 cm³/mol. The molecule has 2 heterocycles. The maximum Gasteiger partial charge on any atom is 0.414 e. The molecule has 0 saturated carbocycles. The molecule has 0 aliphatic carbocycles. The first-order chi connectivity index (χ1) is 13.1. The third kappa shape index (κ3) is 5.70. The Morgan fingerprint density at radius 3 is 2.70 bits per heavy atom. The fraction of sp³-hybridized carbons (Fsp3) is 0.556. The number of hydrogen-bond donors (Lipinski definition) is 1. The number of carbonyl (C=O) groups is 1. The average Bonchev–Trinajstić information content (AvgIpc) is 3.09. The Balaban J connectivity index is 0.00000126. The summed E-state index contributed by atoms with van der Waals surface area (Å²) in [5.41, 5.74) is 1.03. The van der Waals surface area contributed by atoms with E-state index in [0.717, 1.165) is 0 Å². The van der Waals surface area contributed by atoms with Crippen LogP contribution in [0, 0.1) is 5.82 Å². The smallest absolute Gasteiger partial charge is 0.414 e. The van der Waals surface area contributed by atoms with Gasteiger partial charge in [0.2, 0.25) is 0 Å². The lowest BCUT2D eigenvalue weighted by Crippen LogP contribution is -2.36. The minimum absolute atomic E-state index is 0.320. The maximum absolute atomic E-state index is 14.5. The monoisotopic (exact) mass is 415 g/mol. The molecule has 1 unspecified atom stereocenters. The van der Waals surface area contributed by atoms with Gasteiger partial charge in [-0.25, -0.2) is 9.18 Å². The van der Waals surface area contributed by atoms with E-state index in [1.54, 1.807) is 12.1 Å². The van der Waals surface area contributed by atoms with E-state index >= 15 is 0 Å². The molecule has 1 amide bonds. The first-order valence-corrected chi connectivity index (χ1v) is 10.6. The molecule has 0 aromatic heterocycles. The summed E-state index contributed by atoms with van der Waals surface area (Å²) >= 11 is 6.50. The molecule has 1 aromatic carbocycles. The number of morpholine rings is 1. The Kier molecular flexibility index (Phi) is 8.59. The molecule has 0 spiro atoms. The molecule has 0 radical (unpaired) electrons. The van der Waals surface area contributed by atoms with Gasteiger partial charge in [-0.05, 0) is 24.5 Å². The van der Waals surface area contributed by atoms with E-state index in [1.807, 2.05) is 25.0 Å². The van der Waals surface area contributed by atoms with Crippen molar-refractivity contribution in [3.63, 3.8) is 0 Å². The lowest BCUT2D eigenvalue weighted by Gasteiger charge is -2.29. The highest BCUT2D eigenvalue weighted by molar-refractivity contribution is 8.22. The number of anilines is 2. The quantitative estimate of drug-likeness (QED) is 0.758. The van der Waals surface area contributed by atoms with Gasteiger partial charge in [-0.1, -0.05) is 26.1 Å². The Morgan fingerprint density at radius 1 is 1.37 bits per heavy atom. The van der Waals surface area contributed by atoms with Crippen molar-refractivity contribution >= 4 is 45.8 Å². The highest BCUT2D eigenvalue weighted by atomic mass is 32.2. The molecule has 3 rings (SSSR count). The van der Waals surface area contributed by atoms with Crippen LogP contribution in [0.15, 0.2) is 18.2 Å². The van der Waals surface area contributed by atoms with E-state index in [0.29, 0.717) is 55.1 Å². The van der Waals surface area contributed by atoms with E-state index in [9.17, 15) is 9.18 Å². The van der Waals surface area contributed by atoms with Crippen molar-refractivity contribution in [2.45, 2.75) is 20.0 Å². The number of benzene rings is 1. The Labute approximate surface area is 169 Å². The zero-order chi connectivity index (χ0) is 19.8. The summed E-state index contributed by atoms with van der Waals surface area (Å²) in [6.07, 6.45) is 1.08. The van der Waals surface area contributed by atoms with Gasteiger partial charge in [0, 0.05) is 13.1 Å². The van der Waals surface area contributed by atoms with Gasteiger partial charge in [-0.3, -0.25) is 4.90 Å². The largest absolute Gasteiger partial charge is 0.442 e. The number of halogens is 1. The summed E-state index contributed by atoms with van der Waals surface area (Å²) in [4.78, 5) is 15.5. The number of thiocarbonyl (C=S) groups is 1. The molecule has 1 atom stereocenters. The molecule has 2 aliphatic heterocycles. The minimum atomic E-state index is -0.472. The number of nitrogens with zero attached hydrogens (tertiary/aromatic N) is 2. The number of rotatable bonds is 4. The van der Waals surface area contributed by atoms with Crippen LogP contribution in [0.25, 0.3) is 0 Å². The highest BCUT2D eigenvalue weighted by Gasteiger charge is 2.32. The Morgan fingerprint density at radius 2 is 2.07 bits per heavy atom.